The predicted octanol–water partition coefficient (Wildman–Crippen LogP) is 4.80. The van der Waals surface area contributed by atoms with Crippen LogP contribution in [0.1, 0.15) is 36.5 Å². The number of amides is 1. The van der Waals surface area contributed by atoms with E-state index in [-0.39, 0.29) is 11.6 Å². The second-order valence-electron chi connectivity index (χ2n) is 5.91. The van der Waals surface area contributed by atoms with Gasteiger partial charge in [-0.25, -0.2) is 9.97 Å². The smallest absolute Gasteiger partial charge is 0.274 e. The monoisotopic (exact) mass is 366 g/mol. The lowest BCUT2D eigenvalue weighted by atomic mass is 10.1. The summed E-state index contributed by atoms with van der Waals surface area (Å²) < 4.78 is 0. The molecule has 0 aliphatic carbocycles. The molecule has 24 heavy (non-hydrogen) atoms. The Kier molecular flexibility index (Phi) is 6.40. The Balaban J connectivity index is 2.12. The number of nitrogens with zero attached hydrogens (tertiary/aromatic N) is 2. The SMILES string of the molecule is Cc1cc(C(=O)Nc2ccc(Cl)cc2Cl)nc(NCCC(C)C)n1. The van der Waals surface area contributed by atoms with E-state index in [2.05, 4.69) is 34.4 Å². The zero-order valence-corrected chi connectivity index (χ0v) is 15.4. The van der Waals surface area contributed by atoms with Crippen LogP contribution in [0.3, 0.4) is 0 Å². The number of carbonyl (C=O) groups is 1. The van der Waals surface area contributed by atoms with E-state index in [1.165, 1.54) is 0 Å². The van der Waals surface area contributed by atoms with Gasteiger partial charge in [-0.1, -0.05) is 37.0 Å². The second-order valence-corrected chi connectivity index (χ2v) is 6.75. The topological polar surface area (TPSA) is 66.9 Å². The highest BCUT2D eigenvalue weighted by Gasteiger charge is 2.13. The second kappa shape index (κ2) is 8.31. The van der Waals surface area contributed by atoms with Gasteiger partial charge >= 0.3 is 0 Å². The number of rotatable bonds is 6. The van der Waals surface area contributed by atoms with Crippen molar-refractivity contribution in [1.82, 2.24) is 9.97 Å². The van der Waals surface area contributed by atoms with Gasteiger partial charge in [0, 0.05) is 17.3 Å². The minimum absolute atomic E-state index is 0.278. The average molecular weight is 367 g/mol. The molecule has 5 nitrogen and oxygen atoms in total. The first-order valence-corrected chi connectivity index (χ1v) is 8.46. The van der Waals surface area contributed by atoms with Crippen molar-refractivity contribution in [2.24, 2.45) is 5.92 Å². The molecule has 1 heterocycles. The molecular formula is C17H20Cl2N4O. The van der Waals surface area contributed by atoms with Gasteiger partial charge in [0.15, 0.2) is 0 Å². The van der Waals surface area contributed by atoms with Crippen LogP contribution in [-0.4, -0.2) is 22.4 Å². The predicted molar refractivity (Wildman–Crippen MR) is 99.1 cm³/mol. The molecule has 0 fully saturated rings. The molecule has 1 aromatic heterocycles. The number of benzene rings is 1. The van der Waals surface area contributed by atoms with Crippen LogP contribution in [0.25, 0.3) is 0 Å². The molecule has 1 amide bonds. The average Bonchev–Trinajstić information content (AvgIpc) is 2.49. The van der Waals surface area contributed by atoms with E-state index in [0.29, 0.717) is 33.3 Å². The van der Waals surface area contributed by atoms with Crippen LogP contribution in [0, 0.1) is 12.8 Å². The number of hydrogen-bond acceptors (Lipinski definition) is 4. The lowest BCUT2D eigenvalue weighted by Crippen LogP contribution is -2.17. The summed E-state index contributed by atoms with van der Waals surface area (Å²) in [6, 6.07) is 6.52. The lowest BCUT2D eigenvalue weighted by Gasteiger charge is -2.10. The number of anilines is 2. The van der Waals surface area contributed by atoms with Crippen LogP contribution >= 0.6 is 23.2 Å². The van der Waals surface area contributed by atoms with Crippen LogP contribution in [0.15, 0.2) is 24.3 Å². The molecule has 7 heteroatoms. The van der Waals surface area contributed by atoms with Crippen molar-refractivity contribution in [3.8, 4) is 0 Å². The molecule has 2 rings (SSSR count). The summed E-state index contributed by atoms with van der Waals surface area (Å²) >= 11 is 11.9. The highest BCUT2D eigenvalue weighted by atomic mass is 35.5. The fraction of sp³-hybridized carbons (Fsp3) is 0.353. The van der Waals surface area contributed by atoms with E-state index in [4.69, 9.17) is 23.2 Å². The van der Waals surface area contributed by atoms with Crippen molar-refractivity contribution in [3.05, 3.63) is 45.7 Å². The fourth-order valence-corrected chi connectivity index (χ4v) is 2.47. The van der Waals surface area contributed by atoms with Gasteiger partial charge in [0.25, 0.3) is 5.91 Å². The van der Waals surface area contributed by atoms with E-state index in [1.54, 1.807) is 24.3 Å². The Morgan fingerprint density at radius 3 is 2.62 bits per heavy atom. The summed E-state index contributed by atoms with van der Waals surface area (Å²) in [7, 11) is 0. The van der Waals surface area contributed by atoms with E-state index < -0.39 is 0 Å². The van der Waals surface area contributed by atoms with Crippen molar-refractivity contribution < 1.29 is 4.79 Å². The molecule has 0 unspecified atom stereocenters. The van der Waals surface area contributed by atoms with E-state index in [0.717, 1.165) is 13.0 Å². The fourth-order valence-electron chi connectivity index (χ4n) is 2.01. The maximum atomic E-state index is 12.4. The first kappa shape index (κ1) is 18.5. The summed E-state index contributed by atoms with van der Waals surface area (Å²) in [6.45, 7) is 6.87. The van der Waals surface area contributed by atoms with Crippen LogP contribution in [0.4, 0.5) is 11.6 Å². The van der Waals surface area contributed by atoms with E-state index in [9.17, 15) is 4.79 Å². The van der Waals surface area contributed by atoms with Gasteiger partial charge in [0.05, 0.1) is 10.7 Å². The third kappa shape index (κ3) is 5.35. The molecule has 0 atom stereocenters. The van der Waals surface area contributed by atoms with Crippen molar-refractivity contribution in [2.45, 2.75) is 27.2 Å². The van der Waals surface area contributed by atoms with E-state index >= 15 is 0 Å². The molecule has 2 aromatic rings. The minimum Gasteiger partial charge on any atom is -0.354 e. The first-order valence-electron chi connectivity index (χ1n) is 7.71. The van der Waals surface area contributed by atoms with Crippen LogP contribution in [-0.2, 0) is 0 Å². The first-order chi connectivity index (χ1) is 11.3. The van der Waals surface area contributed by atoms with Gasteiger partial charge in [-0.15, -0.1) is 0 Å². The van der Waals surface area contributed by atoms with Crippen molar-refractivity contribution >= 4 is 40.7 Å². The molecule has 0 aliphatic rings. The Bertz CT molecular complexity index is 735. The summed E-state index contributed by atoms with van der Waals surface area (Å²) in [6.07, 6.45) is 0.999. The maximum Gasteiger partial charge on any atom is 0.274 e. The van der Waals surface area contributed by atoms with Crippen LogP contribution in [0.5, 0.6) is 0 Å². The summed E-state index contributed by atoms with van der Waals surface area (Å²) in [5, 5.41) is 6.76. The standard InChI is InChI=1S/C17H20Cl2N4O/c1-10(2)6-7-20-17-21-11(3)8-15(23-17)16(24)22-14-5-4-12(18)9-13(14)19/h4-5,8-10H,6-7H2,1-3H3,(H,22,24)(H,20,21,23). The quantitative estimate of drug-likeness (QED) is 0.770. The molecule has 0 spiro atoms. The number of halogens is 2. The lowest BCUT2D eigenvalue weighted by molar-refractivity contribution is 0.102. The molecular weight excluding hydrogens is 347 g/mol. The highest BCUT2D eigenvalue weighted by Crippen LogP contribution is 2.25. The number of carbonyl (C=O) groups excluding carboxylic acids is 1. The molecule has 1 aromatic carbocycles. The van der Waals surface area contributed by atoms with Gasteiger partial charge in [-0.3, -0.25) is 4.79 Å². The number of aromatic nitrogens is 2. The molecule has 2 N–H and O–H groups in total. The van der Waals surface area contributed by atoms with Crippen LogP contribution in [0.2, 0.25) is 10.0 Å². The third-order valence-electron chi connectivity index (χ3n) is 3.27. The van der Waals surface area contributed by atoms with Crippen molar-refractivity contribution in [2.75, 3.05) is 17.2 Å². The molecule has 0 saturated heterocycles. The number of nitrogens with one attached hydrogen (secondary N) is 2. The largest absolute Gasteiger partial charge is 0.354 e. The molecule has 0 saturated carbocycles. The summed E-state index contributed by atoms with van der Waals surface area (Å²) in [4.78, 5) is 21.0. The summed E-state index contributed by atoms with van der Waals surface area (Å²) in [5.74, 6) is 0.678. The normalized spacial score (nSPS) is 10.8. The number of aryl methyl sites for hydroxylation is 1. The van der Waals surface area contributed by atoms with Gasteiger partial charge in [0.1, 0.15) is 5.69 Å². The molecule has 0 radical (unpaired) electrons. The third-order valence-corrected chi connectivity index (χ3v) is 3.82. The van der Waals surface area contributed by atoms with E-state index in [1.807, 2.05) is 6.92 Å². The maximum absolute atomic E-state index is 12.4. The Morgan fingerprint density at radius 1 is 1.21 bits per heavy atom. The highest BCUT2D eigenvalue weighted by molar-refractivity contribution is 6.36. The molecule has 0 bridgehead atoms. The van der Waals surface area contributed by atoms with Gasteiger partial charge in [-0.05, 0) is 43.5 Å². The number of hydrogen-bond donors (Lipinski definition) is 2. The Labute approximate surface area is 151 Å². The van der Waals surface area contributed by atoms with Gasteiger partial charge in [-0.2, -0.15) is 0 Å². The van der Waals surface area contributed by atoms with Gasteiger partial charge < -0.3 is 10.6 Å². The van der Waals surface area contributed by atoms with Crippen molar-refractivity contribution in [1.29, 1.82) is 0 Å². The van der Waals surface area contributed by atoms with Crippen LogP contribution < -0.4 is 10.6 Å². The Morgan fingerprint density at radius 2 is 1.96 bits per heavy atom. The molecule has 0 aliphatic heterocycles. The van der Waals surface area contributed by atoms with Crippen molar-refractivity contribution in [3.63, 3.8) is 0 Å². The summed E-state index contributed by atoms with van der Waals surface area (Å²) in [5.41, 5.74) is 1.47. The zero-order valence-electron chi connectivity index (χ0n) is 13.9. The minimum atomic E-state index is -0.350. The van der Waals surface area contributed by atoms with Gasteiger partial charge in [0.2, 0.25) is 5.95 Å². The zero-order chi connectivity index (χ0) is 17.7. The molecule has 128 valence electrons. The Hall–Kier alpha value is -1.85.